The maximum atomic E-state index is 11.9. The molecule has 0 heterocycles. The highest BCUT2D eigenvalue weighted by Crippen LogP contribution is 2.59. The van der Waals surface area contributed by atoms with Crippen molar-refractivity contribution in [3.63, 3.8) is 0 Å². The summed E-state index contributed by atoms with van der Waals surface area (Å²) in [6.45, 7) is 4.86. The van der Waals surface area contributed by atoms with E-state index in [9.17, 15) is 4.79 Å². The number of Topliss-reactive ketones (excluding diaryl/α,β-unsaturated/α-hetero) is 1. The summed E-state index contributed by atoms with van der Waals surface area (Å²) >= 11 is 3.59. The van der Waals surface area contributed by atoms with Gasteiger partial charge in [0.25, 0.3) is 0 Å². The van der Waals surface area contributed by atoms with Crippen LogP contribution in [0.2, 0.25) is 0 Å². The second-order valence-corrected chi connectivity index (χ2v) is 8.07. The van der Waals surface area contributed by atoms with Gasteiger partial charge in [0.1, 0.15) is 0 Å². The van der Waals surface area contributed by atoms with Gasteiger partial charge in [-0.05, 0) is 78.7 Å². The van der Waals surface area contributed by atoms with Gasteiger partial charge in [-0.2, -0.15) is 0 Å². The summed E-state index contributed by atoms with van der Waals surface area (Å²) in [5.74, 6) is 2.46. The van der Waals surface area contributed by atoms with Gasteiger partial charge in [-0.25, -0.2) is 0 Å². The van der Waals surface area contributed by atoms with Crippen molar-refractivity contribution in [2.45, 2.75) is 65.2 Å². The van der Waals surface area contributed by atoms with Crippen LogP contribution in [-0.2, 0) is 4.79 Å². The number of hydrogen-bond acceptors (Lipinski definition) is 1. The van der Waals surface area contributed by atoms with E-state index in [0.29, 0.717) is 17.1 Å². The van der Waals surface area contributed by atoms with Crippen molar-refractivity contribution < 1.29 is 4.79 Å². The Hall–Kier alpha value is -0.370. The predicted octanol–water partition coefficient (Wildman–Crippen LogP) is 5.80. The van der Waals surface area contributed by atoms with E-state index in [0.717, 1.165) is 36.7 Å². The quantitative estimate of drug-likeness (QED) is 0.575. The normalized spacial score (nSPS) is 41.8. The lowest BCUT2D eigenvalue weighted by Crippen LogP contribution is -2.35. The minimum atomic E-state index is 0.409. The molecular formula is C19H27BrO. The molecule has 0 spiro atoms. The average Bonchev–Trinajstić information content (AvgIpc) is 3.01. The van der Waals surface area contributed by atoms with Crippen LogP contribution in [-0.4, -0.2) is 5.78 Å². The molecule has 1 unspecified atom stereocenters. The van der Waals surface area contributed by atoms with Gasteiger partial charge in [-0.15, -0.1) is 0 Å². The Morgan fingerprint density at radius 2 is 2.05 bits per heavy atom. The first-order chi connectivity index (χ1) is 10.1. The smallest absolute Gasteiger partial charge is 0.158 e. The zero-order valence-electron chi connectivity index (χ0n) is 13.3. The van der Waals surface area contributed by atoms with Crippen LogP contribution >= 0.6 is 15.9 Å². The van der Waals surface area contributed by atoms with Crippen LogP contribution in [0.4, 0.5) is 0 Å². The molecule has 116 valence electrons. The second kappa shape index (κ2) is 6.02. The summed E-state index contributed by atoms with van der Waals surface area (Å²) in [7, 11) is 0. The zero-order valence-corrected chi connectivity index (χ0v) is 14.9. The molecule has 1 nitrogen and oxygen atoms in total. The standard InChI is InChI=1S/C19H27BrO/c1-13(11-14-5-3-7-18(14)21)16-8-9-17-15(12-20)6-4-10-19(16,17)2/h11-13,16-17H,3-10H2,1-2H3/b14-11+,15-12+/t13-,16-,17+,19?/m1/s1. The van der Waals surface area contributed by atoms with E-state index in [-0.39, 0.29) is 0 Å². The number of fused-ring (bicyclic) bond motifs is 1. The average molecular weight is 351 g/mol. The molecule has 0 aromatic rings. The van der Waals surface area contributed by atoms with E-state index in [2.05, 4.69) is 40.8 Å². The van der Waals surface area contributed by atoms with Crippen LogP contribution in [0.25, 0.3) is 0 Å². The molecule has 4 atom stereocenters. The summed E-state index contributed by atoms with van der Waals surface area (Å²) in [5, 5.41) is 0. The Morgan fingerprint density at radius 3 is 2.71 bits per heavy atom. The number of halogens is 1. The van der Waals surface area contributed by atoms with Gasteiger partial charge in [0.15, 0.2) is 5.78 Å². The lowest BCUT2D eigenvalue weighted by Gasteiger charge is -2.43. The van der Waals surface area contributed by atoms with Gasteiger partial charge in [-0.3, -0.25) is 4.79 Å². The first kappa shape index (κ1) is 15.5. The Kier molecular flexibility index (Phi) is 4.45. The Labute approximate surface area is 137 Å². The van der Waals surface area contributed by atoms with Gasteiger partial charge >= 0.3 is 0 Å². The van der Waals surface area contributed by atoms with Crippen LogP contribution in [0.15, 0.2) is 22.2 Å². The Balaban J connectivity index is 1.81. The van der Waals surface area contributed by atoms with E-state index in [1.807, 2.05) is 0 Å². The molecule has 3 aliphatic carbocycles. The molecule has 3 fully saturated rings. The third kappa shape index (κ3) is 2.69. The van der Waals surface area contributed by atoms with E-state index in [1.165, 1.54) is 32.1 Å². The van der Waals surface area contributed by atoms with Crippen molar-refractivity contribution in [3.05, 3.63) is 22.2 Å². The van der Waals surface area contributed by atoms with Crippen LogP contribution in [0.1, 0.15) is 65.2 Å². The summed E-state index contributed by atoms with van der Waals surface area (Å²) < 4.78 is 0. The summed E-state index contributed by atoms with van der Waals surface area (Å²) in [4.78, 5) is 14.1. The highest BCUT2D eigenvalue weighted by molar-refractivity contribution is 9.11. The number of allylic oxidation sites excluding steroid dienone is 3. The highest BCUT2D eigenvalue weighted by atomic mass is 79.9. The Bertz CT molecular complexity index is 490. The predicted molar refractivity (Wildman–Crippen MR) is 91.3 cm³/mol. The number of carbonyl (C=O) groups is 1. The topological polar surface area (TPSA) is 17.1 Å². The minimum Gasteiger partial charge on any atom is -0.295 e. The molecule has 2 heteroatoms. The first-order valence-electron chi connectivity index (χ1n) is 8.59. The largest absolute Gasteiger partial charge is 0.295 e. The molecule has 3 saturated carbocycles. The molecule has 0 N–H and O–H groups in total. The van der Waals surface area contributed by atoms with E-state index in [1.54, 1.807) is 5.57 Å². The third-order valence-corrected chi connectivity index (χ3v) is 7.07. The van der Waals surface area contributed by atoms with Crippen LogP contribution in [0.3, 0.4) is 0 Å². The second-order valence-electron chi connectivity index (χ2n) is 7.61. The van der Waals surface area contributed by atoms with Crippen molar-refractivity contribution in [1.29, 1.82) is 0 Å². The van der Waals surface area contributed by atoms with Crippen LogP contribution in [0.5, 0.6) is 0 Å². The number of carbonyl (C=O) groups excluding carboxylic acids is 1. The number of ketones is 1. The zero-order chi connectivity index (χ0) is 15.0. The molecular weight excluding hydrogens is 324 g/mol. The number of hydrogen-bond donors (Lipinski definition) is 0. The van der Waals surface area contributed by atoms with E-state index >= 15 is 0 Å². The van der Waals surface area contributed by atoms with Gasteiger partial charge in [0.2, 0.25) is 0 Å². The van der Waals surface area contributed by atoms with Crippen molar-refractivity contribution in [1.82, 2.24) is 0 Å². The fraction of sp³-hybridized carbons (Fsp3) is 0.737. The molecule has 21 heavy (non-hydrogen) atoms. The lowest BCUT2D eigenvalue weighted by atomic mass is 9.61. The fourth-order valence-electron chi connectivity index (χ4n) is 5.42. The highest BCUT2D eigenvalue weighted by Gasteiger charge is 2.50. The molecule has 0 aromatic heterocycles. The fourth-order valence-corrected chi connectivity index (χ4v) is 5.97. The third-order valence-electron chi connectivity index (χ3n) is 6.48. The van der Waals surface area contributed by atoms with E-state index < -0.39 is 0 Å². The minimum absolute atomic E-state index is 0.409. The maximum Gasteiger partial charge on any atom is 0.158 e. The molecule has 0 aliphatic heterocycles. The van der Waals surface area contributed by atoms with Crippen molar-refractivity contribution >= 4 is 21.7 Å². The van der Waals surface area contributed by atoms with Gasteiger partial charge in [-0.1, -0.05) is 41.4 Å². The van der Waals surface area contributed by atoms with Gasteiger partial charge < -0.3 is 0 Å². The molecule has 0 amide bonds. The molecule has 0 bridgehead atoms. The number of rotatable bonds is 2. The molecule has 3 aliphatic rings. The van der Waals surface area contributed by atoms with Crippen molar-refractivity contribution in [2.24, 2.45) is 23.2 Å². The van der Waals surface area contributed by atoms with Gasteiger partial charge in [0.05, 0.1) is 0 Å². The summed E-state index contributed by atoms with van der Waals surface area (Å²) in [6.07, 6.45) is 11.8. The monoisotopic (exact) mass is 350 g/mol. The van der Waals surface area contributed by atoms with Gasteiger partial charge in [0, 0.05) is 6.42 Å². The van der Waals surface area contributed by atoms with Crippen LogP contribution < -0.4 is 0 Å². The SMILES string of the molecule is C[C@H](/C=C1\CCCC1=O)[C@H]1CC[C@H]2/C(=C/Br)CCCC12C. The van der Waals surface area contributed by atoms with E-state index in [4.69, 9.17) is 0 Å². The summed E-state index contributed by atoms with van der Waals surface area (Å²) in [6, 6.07) is 0. The molecule has 0 saturated heterocycles. The van der Waals surface area contributed by atoms with Crippen molar-refractivity contribution in [2.75, 3.05) is 0 Å². The molecule has 0 aromatic carbocycles. The first-order valence-corrected chi connectivity index (χ1v) is 9.51. The lowest BCUT2D eigenvalue weighted by molar-refractivity contribution is -0.114. The van der Waals surface area contributed by atoms with Crippen molar-refractivity contribution in [3.8, 4) is 0 Å². The maximum absolute atomic E-state index is 11.9. The molecule has 0 radical (unpaired) electrons. The summed E-state index contributed by atoms with van der Waals surface area (Å²) in [5.41, 5.74) is 3.19. The Morgan fingerprint density at radius 1 is 1.24 bits per heavy atom. The van der Waals surface area contributed by atoms with Crippen LogP contribution in [0, 0.1) is 23.2 Å². The molecule has 3 rings (SSSR count).